The lowest BCUT2D eigenvalue weighted by Gasteiger charge is -2.32. The van der Waals surface area contributed by atoms with E-state index in [9.17, 15) is 18.8 Å². The maximum atomic E-state index is 13.2. The molecule has 0 atom stereocenters. The van der Waals surface area contributed by atoms with Crippen molar-refractivity contribution < 1.29 is 28.2 Å². The van der Waals surface area contributed by atoms with Crippen LogP contribution < -0.4 is 10.1 Å². The number of hydrogen-bond donors (Lipinski definition) is 1. The molecule has 1 N–H and O–H groups in total. The van der Waals surface area contributed by atoms with Crippen molar-refractivity contribution in [1.29, 1.82) is 0 Å². The van der Waals surface area contributed by atoms with Crippen LogP contribution in [0, 0.1) is 5.82 Å². The number of halogens is 1. The Morgan fingerprint density at radius 2 is 1.84 bits per heavy atom. The van der Waals surface area contributed by atoms with E-state index in [0.29, 0.717) is 42.8 Å². The summed E-state index contributed by atoms with van der Waals surface area (Å²) in [6.45, 7) is 2.92. The summed E-state index contributed by atoms with van der Waals surface area (Å²) in [5, 5.41) is 2.92. The maximum absolute atomic E-state index is 13.2. The predicted octanol–water partition coefficient (Wildman–Crippen LogP) is 3.80. The third kappa shape index (κ3) is 6.66. The average Bonchev–Trinajstić information content (AvgIpc) is 2.78. The van der Waals surface area contributed by atoms with E-state index in [1.165, 1.54) is 18.2 Å². The number of amides is 2. The van der Waals surface area contributed by atoms with E-state index >= 15 is 0 Å². The first-order chi connectivity index (χ1) is 15.4. The van der Waals surface area contributed by atoms with Gasteiger partial charge in [-0.2, -0.15) is 0 Å². The Hall–Kier alpha value is -3.68. The fourth-order valence-electron chi connectivity index (χ4n) is 3.35. The number of carbonyl (C=O) groups is 3. The second-order valence-electron chi connectivity index (χ2n) is 7.27. The van der Waals surface area contributed by atoms with Crippen molar-refractivity contribution in [2.24, 2.45) is 0 Å². The second kappa shape index (κ2) is 11.1. The zero-order chi connectivity index (χ0) is 22.9. The van der Waals surface area contributed by atoms with Crippen molar-refractivity contribution in [2.45, 2.75) is 25.8 Å². The number of nitrogens with zero attached hydrogens (tertiary/aromatic N) is 1. The number of hydrogen-bond acceptors (Lipinski definition) is 5. The molecule has 168 valence electrons. The molecule has 3 rings (SSSR count). The fourth-order valence-corrected chi connectivity index (χ4v) is 3.35. The van der Waals surface area contributed by atoms with Crippen LogP contribution in [0.25, 0.3) is 6.08 Å². The van der Waals surface area contributed by atoms with Crippen molar-refractivity contribution in [3.05, 3.63) is 71.6 Å². The van der Waals surface area contributed by atoms with Crippen LogP contribution in [0.15, 0.2) is 54.6 Å². The summed E-state index contributed by atoms with van der Waals surface area (Å²) in [4.78, 5) is 37.9. The van der Waals surface area contributed by atoms with Crippen molar-refractivity contribution in [3.63, 3.8) is 0 Å². The molecule has 0 bridgehead atoms. The minimum absolute atomic E-state index is 0.0379. The van der Waals surface area contributed by atoms with Gasteiger partial charge in [-0.1, -0.05) is 12.1 Å². The van der Waals surface area contributed by atoms with E-state index in [-0.39, 0.29) is 30.3 Å². The summed E-state index contributed by atoms with van der Waals surface area (Å²) in [6, 6.07) is 12.2. The molecule has 2 aromatic rings. The van der Waals surface area contributed by atoms with Gasteiger partial charge in [0.1, 0.15) is 11.6 Å². The lowest BCUT2D eigenvalue weighted by molar-refractivity contribution is -0.117. The van der Waals surface area contributed by atoms with Gasteiger partial charge in [-0.3, -0.25) is 9.59 Å². The highest BCUT2D eigenvalue weighted by Crippen LogP contribution is 2.17. The molecule has 7 nitrogen and oxygen atoms in total. The smallest absolute Gasteiger partial charge is 0.434 e. The molecule has 1 heterocycles. The summed E-state index contributed by atoms with van der Waals surface area (Å²) >= 11 is 0. The van der Waals surface area contributed by atoms with Gasteiger partial charge in [0.05, 0.1) is 6.61 Å². The van der Waals surface area contributed by atoms with Gasteiger partial charge >= 0.3 is 6.16 Å². The van der Waals surface area contributed by atoms with Crippen molar-refractivity contribution in [1.82, 2.24) is 10.2 Å². The highest BCUT2D eigenvalue weighted by Gasteiger charge is 2.24. The summed E-state index contributed by atoms with van der Waals surface area (Å²) in [5.41, 5.74) is 1.10. The molecular weight excluding hydrogens is 415 g/mol. The molecule has 1 aliphatic heterocycles. The van der Waals surface area contributed by atoms with Crippen molar-refractivity contribution in [2.75, 3.05) is 19.7 Å². The molecule has 0 aliphatic carbocycles. The quantitative estimate of drug-likeness (QED) is 0.420. The molecule has 0 saturated carbocycles. The van der Waals surface area contributed by atoms with E-state index in [4.69, 9.17) is 9.47 Å². The zero-order valence-electron chi connectivity index (χ0n) is 17.8. The maximum Gasteiger partial charge on any atom is 0.513 e. The van der Waals surface area contributed by atoms with Gasteiger partial charge in [0.2, 0.25) is 5.91 Å². The highest BCUT2D eigenvalue weighted by molar-refractivity contribution is 5.94. The molecule has 0 aromatic heterocycles. The van der Waals surface area contributed by atoms with Crippen molar-refractivity contribution >= 4 is 24.0 Å². The summed E-state index contributed by atoms with van der Waals surface area (Å²) < 4.78 is 22.9. The summed E-state index contributed by atoms with van der Waals surface area (Å²) in [5.74, 6) is -0.432. The zero-order valence-corrected chi connectivity index (χ0v) is 17.8. The Morgan fingerprint density at radius 1 is 1.12 bits per heavy atom. The predicted molar refractivity (Wildman–Crippen MR) is 117 cm³/mol. The van der Waals surface area contributed by atoms with E-state index in [1.54, 1.807) is 54.3 Å². The van der Waals surface area contributed by atoms with Gasteiger partial charge in [-0.15, -0.1) is 0 Å². The number of likely N-dealkylation sites (tertiary alicyclic amines) is 1. The molecule has 1 saturated heterocycles. The summed E-state index contributed by atoms with van der Waals surface area (Å²) in [6.07, 6.45) is 3.42. The van der Waals surface area contributed by atoms with Gasteiger partial charge in [0.25, 0.3) is 5.91 Å². The first kappa shape index (κ1) is 23.0. The Morgan fingerprint density at radius 3 is 2.50 bits per heavy atom. The Kier molecular flexibility index (Phi) is 7.96. The van der Waals surface area contributed by atoms with Crippen molar-refractivity contribution in [3.8, 4) is 5.75 Å². The van der Waals surface area contributed by atoms with Crippen LogP contribution in [0.4, 0.5) is 9.18 Å². The minimum atomic E-state index is -0.790. The Balaban J connectivity index is 1.46. The van der Waals surface area contributed by atoms with Gasteiger partial charge < -0.3 is 19.7 Å². The molecule has 0 spiro atoms. The van der Waals surface area contributed by atoms with E-state index in [1.807, 2.05) is 0 Å². The number of rotatable bonds is 6. The van der Waals surface area contributed by atoms with Crippen LogP contribution in [-0.4, -0.2) is 48.6 Å². The highest BCUT2D eigenvalue weighted by atomic mass is 19.1. The van der Waals surface area contributed by atoms with Gasteiger partial charge in [0, 0.05) is 30.8 Å². The normalized spacial score (nSPS) is 14.2. The molecule has 32 heavy (non-hydrogen) atoms. The van der Waals surface area contributed by atoms with Crippen LogP contribution in [-0.2, 0) is 9.53 Å². The largest absolute Gasteiger partial charge is 0.513 e. The second-order valence-corrected chi connectivity index (χ2v) is 7.27. The van der Waals surface area contributed by atoms with E-state index in [2.05, 4.69) is 5.32 Å². The monoisotopic (exact) mass is 440 g/mol. The summed E-state index contributed by atoms with van der Waals surface area (Å²) in [7, 11) is 0. The van der Waals surface area contributed by atoms with Crippen LogP contribution in [0.5, 0.6) is 5.75 Å². The first-order valence-corrected chi connectivity index (χ1v) is 10.4. The van der Waals surface area contributed by atoms with Crippen LogP contribution in [0.2, 0.25) is 0 Å². The Labute approximate surface area is 185 Å². The number of nitrogens with one attached hydrogen (secondary N) is 1. The van der Waals surface area contributed by atoms with Crippen LogP contribution in [0.1, 0.15) is 35.7 Å². The third-order valence-electron chi connectivity index (χ3n) is 4.97. The molecule has 8 heteroatoms. The third-order valence-corrected chi connectivity index (χ3v) is 4.97. The van der Waals surface area contributed by atoms with E-state index in [0.717, 1.165) is 0 Å². The SMILES string of the molecule is CCOC(=O)Oc1ccc(C(=O)N2CCC(NC(=O)/C=C/c3cccc(F)c3)CC2)cc1. The molecule has 2 aromatic carbocycles. The van der Waals surface area contributed by atoms with Crippen LogP contribution in [0.3, 0.4) is 0 Å². The van der Waals surface area contributed by atoms with E-state index < -0.39 is 6.16 Å². The number of carbonyl (C=O) groups excluding carboxylic acids is 3. The molecule has 2 amide bonds. The fraction of sp³-hybridized carbons (Fsp3) is 0.292. The number of ether oxygens (including phenoxy) is 2. The lowest BCUT2D eigenvalue weighted by Crippen LogP contribution is -2.46. The van der Waals surface area contributed by atoms with Gasteiger partial charge in [0.15, 0.2) is 0 Å². The first-order valence-electron chi connectivity index (χ1n) is 10.4. The lowest BCUT2D eigenvalue weighted by atomic mass is 10.0. The molecule has 1 fully saturated rings. The number of piperidine rings is 1. The molecule has 0 radical (unpaired) electrons. The molecular formula is C24H25FN2O5. The van der Waals surface area contributed by atoms with Gasteiger partial charge in [-0.25, -0.2) is 9.18 Å². The van der Waals surface area contributed by atoms with Crippen LogP contribution >= 0.6 is 0 Å². The number of benzene rings is 2. The standard InChI is InChI=1S/C24H25FN2O5/c1-2-31-24(30)32-21-9-7-18(8-10-21)23(29)27-14-12-20(13-15-27)26-22(28)11-6-17-4-3-5-19(25)16-17/h3-11,16,20H,2,12-15H2,1H3,(H,26,28)/b11-6+. The Bertz CT molecular complexity index is 982. The van der Waals surface area contributed by atoms with Gasteiger partial charge in [-0.05, 0) is 67.8 Å². The topological polar surface area (TPSA) is 84.9 Å². The molecule has 0 unspecified atom stereocenters. The molecule has 1 aliphatic rings. The average molecular weight is 440 g/mol. The minimum Gasteiger partial charge on any atom is -0.434 e.